The number of rotatable bonds is 11. The summed E-state index contributed by atoms with van der Waals surface area (Å²) < 4.78 is 7.05. The second-order valence-corrected chi connectivity index (χ2v) is 17.3. The van der Waals surface area contributed by atoms with Crippen LogP contribution in [-0.2, 0) is 10.8 Å². The maximum Gasteiger partial charge on any atom is 0.181 e. The van der Waals surface area contributed by atoms with Gasteiger partial charge in [-0.25, -0.2) is 0 Å². The number of phenols is 1. The number of hydrogen-bond acceptors (Lipinski definition) is 2. The van der Waals surface area contributed by atoms with Crippen LogP contribution in [0.25, 0.3) is 0 Å². The average molecular weight is 407 g/mol. The predicted molar refractivity (Wildman–Crippen MR) is 125 cm³/mol. The number of hydrogen-bond donors (Lipinski definition) is 1. The van der Waals surface area contributed by atoms with Crippen molar-refractivity contribution in [1.82, 2.24) is 0 Å². The quantitative estimate of drug-likeness (QED) is 0.324. The molecule has 1 aromatic rings. The van der Waals surface area contributed by atoms with E-state index in [1.165, 1.54) is 0 Å². The van der Waals surface area contributed by atoms with Crippen LogP contribution < -0.4 is 0 Å². The number of para-hydroxylation sites is 1. The van der Waals surface area contributed by atoms with Crippen molar-refractivity contribution in [2.24, 2.45) is 0 Å². The summed E-state index contributed by atoms with van der Waals surface area (Å²) >= 11 is 0. The smallest absolute Gasteiger partial charge is 0.181 e. The summed E-state index contributed by atoms with van der Waals surface area (Å²) in [7, 11) is -3.17. The van der Waals surface area contributed by atoms with Gasteiger partial charge in [-0.1, -0.05) is 77.5 Å². The van der Waals surface area contributed by atoms with Gasteiger partial charge in [-0.15, -0.1) is 6.58 Å². The zero-order valence-corrected chi connectivity index (χ0v) is 21.1. The summed E-state index contributed by atoms with van der Waals surface area (Å²) in [5, 5.41) is 10.6. The van der Waals surface area contributed by atoms with Crippen molar-refractivity contribution in [2.45, 2.75) is 96.2 Å². The van der Waals surface area contributed by atoms with E-state index in [-0.39, 0.29) is 10.3 Å². The lowest BCUT2D eigenvalue weighted by Crippen LogP contribution is -2.56. The molecule has 0 aliphatic heterocycles. The van der Waals surface area contributed by atoms with Crippen LogP contribution in [0.1, 0.15) is 57.6 Å². The normalized spacial score (nSPS) is 17.8. The van der Waals surface area contributed by atoms with E-state index in [1.807, 2.05) is 13.0 Å². The molecule has 0 heterocycles. The maximum atomic E-state index is 10.6. The van der Waals surface area contributed by atoms with Gasteiger partial charge in [0, 0.05) is 0 Å². The SMILES string of the molecule is C=CC(CC)(O[SiH](C)C(CC)(CCC)Cc1cccc(C)c1O)[Si](C)(C)C. The summed E-state index contributed by atoms with van der Waals surface area (Å²) in [6.07, 6.45) is 7.36. The first-order valence-corrected chi connectivity index (χ1v) is 16.3. The number of aromatic hydroxyl groups is 1. The second-order valence-electron chi connectivity index (χ2n) is 9.18. The van der Waals surface area contributed by atoms with E-state index < -0.39 is 17.1 Å². The first-order chi connectivity index (χ1) is 12.5. The molecule has 4 heteroatoms. The number of aryl methyl sites for hydroxylation is 1. The third-order valence-electron chi connectivity index (χ3n) is 6.69. The van der Waals surface area contributed by atoms with Gasteiger partial charge >= 0.3 is 0 Å². The van der Waals surface area contributed by atoms with Crippen LogP contribution >= 0.6 is 0 Å². The Labute approximate surface area is 170 Å². The largest absolute Gasteiger partial charge is 0.507 e. The molecule has 154 valence electrons. The number of benzene rings is 1. The Bertz CT molecular complexity index is 623. The molecule has 27 heavy (non-hydrogen) atoms. The third-order valence-corrected chi connectivity index (χ3v) is 13.5. The zero-order chi connectivity index (χ0) is 20.9. The molecule has 0 saturated heterocycles. The third kappa shape index (κ3) is 5.15. The lowest BCUT2D eigenvalue weighted by molar-refractivity contribution is 0.173. The Morgan fingerprint density at radius 3 is 2.26 bits per heavy atom. The van der Waals surface area contributed by atoms with Gasteiger partial charge in [0.2, 0.25) is 0 Å². The van der Waals surface area contributed by atoms with E-state index in [1.54, 1.807) is 0 Å². The van der Waals surface area contributed by atoms with Crippen LogP contribution in [0.4, 0.5) is 0 Å². The summed E-state index contributed by atoms with van der Waals surface area (Å²) in [6.45, 7) is 22.5. The van der Waals surface area contributed by atoms with Crippen LogP contribution in [-0.4, -0.2) is 27.4 Å². The Morgan fingerprint density at radius 2 is 1.81 bits per heavy atom. The van der Waals surface area contributed by atoms with Crippen LogP contribution in [0.15, 0.2) is 30.9 Å². The molecule has 0 bridgehead atoms. The molecule has 0 radical (unpaired) electrons. The Kier molecular flexibility index (Phi) is 8.58. The highest BCUT2D eigenvalue weighted by Gasteiger charge is 2.46. The average Bonchev–Trinajstić information content (AvgIpc) is 2.61. The lowest BCUT2D eigenvalue weighted by atomic mass is 9.90. The van der Waals surface area contributed by atoms with Crippen molar-refractivity contribution < 1.29 is 9.53 Å². The van der Waals surface area contributed by atoms with Crippen molar-refractivity contribution in [3.8, 4) is 5.75 Å². The minimum absolute atomic E-state index is 0.142. The highest BCUT2D eigenvalue weighted by molar-refractivity contribution is 6.80. The van der Waals surface area contributed by atoms with Crippen molar-refractivity contribution in [1.29, 1.82) is 0 Å². The summed E-state index contributed by atoms with van der Waals surface area (Å²) in [5.41, 5.74) is 2.03. The second kappa shape index (κ2) is 9.57. The van der Waals surface area contributed by atoms with Crippen molar-refractivity contribution >= 4 is 17.1 Å². The summed E-state index contributed by atoms with van der Waals surface area (Å²) in [4.78, 5) is 0. The van der Waals surface area contributed by atoms with E-state index in [2.05, 4.69) is 71.7 Å². The van der Waals surface area contributed by atoms with E-state index in [0.29, 0.717) is 5.75 Å². The first-order valence-electron chi connectivity index (χ1n) is 10.6. The van der Waals surface area contributed by atoms with E-state index in [9.17, 15) is 5.11 Å². The molecule has 0 aliphatic carbocycles. The minimum atomic E-state index is -1.58. The fourth-order valence-electron chi connectivity index (χ4n) is 4.49. The van der Waals surface area contributed by atoms with Gasteiger partial charge in [-0.3, -0.25) is 0 Å². The van der Waals surface area contributed by atoms with E-state index in [0.717, 1.165) is 43.2 Å². The Balaban J connectivity index is 3.32. The fraction of sp³-hybridized carbons (Fsp3) is 0.652. The topological polar surface area (TPSA) is 29.5 Å². The van der Waals surface area contributed by atoms with Gasteiger partial charge < -0.3 is 9.53 Å². The minimum Gasteiger partial charge on any atom is -0.507 e. The van der Waals surface area contributed by atoms with Gasteiger partial charge in [0.15, 0.2) is 9.04 Å². The highest BCUT2D eigenvalue weighted by Crippen LogP contribution is 2.47. The molecule has 1 rings (SSSR count). The van der Waals surface area contributed by atoms with Gasteiger partial charge in [-0.2, -0.15) is 0 Å². The van der Waals surface area contributed by atoms with E-state index >= 15 is 0 Å². The molecule has 1 aromatic carbocycles. The molecule has 3 unspecified atom stereocenters. The maximum absolute atomic E-state index is 10.6. The van der Waals surface area contributed by atoms with Gasteiger partial charge in [0.05, 0.1) is 13.3 Å². The lowest BCUT2D eigenvalue weighted by Gasteiger charge is -2.47. The molecule has 0 spiro atoms. The molecular formula is C23H42O2Si2. The predicted octanol–water partition coefficient (Wildman–Crippen LogP) is 6.78. The van der Waals surface area contributed by atoms with Crippen LogP contribution in [0.5, 0.6) is 5.75 Å². The fourth-order valence-corrected chi connectivity index (χ4v) is 11.0. The molecule has 0 saturated carbocycles. The van der Waals surface area contributed by atoms with Crippen molar-refractivity contribution in [3.05, 3.63) is 42.0 Å². The molecule has 2 nitrogen and oxygen atoms in total. The Hall–Kier alpha value is -0.846. The summed E-state index contributed by atoms with van der Waals surface area (Å²) in [6, 6.07) is 6.13. The standard InChI is InChI=1S/C23H42O2Si2/c1-10-17-22(11-2,18-20-16-14-15-19(5)21(20)24)26(6)25-23(12-3,13-4)27(7,8)9/h12,14-16,24,26H,3,10-11,13,17-18H2,1-2,4-9H3. The van der Waals surface area contributed by atoms with Crippen LogP contribution in [0, 0.1) is 6.92 Å². The van der Waals surface area contributed by atoms with Crippen molar-refractivity contribution in [3.63, 3.8) is 0 Å². The zero-order valence-electron chi connectivity index (χ0n) is 19.0. The highest BCUT2D eigenvalue weighted by atomic mass is 28.3. The van der Waals surface area contributed by atoms with Gasteiger partial charge in [0.1, 0.15) is 5.75 Å². The van der Waals surface area contributed by atoms with Crippen molar-refractivity contribution in [2.75, 3.05) is 0 Å². The monoisotopic (exact) mass is 406 g/mol. The molecule has 0 fully saturated rings. The molecule has 0 aromatic heterocycles. The van der Waals surface area contributed by atoms with E-state index in [4.69, 9.17) is 4.43 Å². The molecule has 3 atom stereocenters. The van der Waals surface area contributed by atoms with Gasteiger partial charge in [0.25, 0.3) is 0 Å². The molecule has 0 aliphatic rings. The summed E-state index contributed by atoms with van der Waals surface area (Å²) in [5.74, 6) is 0.461. The first kappa shape index (κ1) is 24.2. The molecule has 1 N–H and O–H groups in total. The number of phenolic OH excluding ortho intramolecular Hbond substituents is 1. The van der Waals surface area contributed by atoms with Crippen LogP contribution in [0.3, 0.4) is 0 Å². The molecule has 0 amide bonds. The van der Waals surface area contributed by atoms with Crippen LogP contribution in [0.2, 0.25) is 31.2 Å². The Morgan fingerprint density at radius 1 is 1.19 bits per heavy atom. The molecular weight excluding hydrogens is 364 g/mol. The van der Waals surface area contributed by atoms with Gasteiger partial charge in [-0.05, 0) is 48.9 Å².